The van der Waals surface area contributed by atoms with Gasteiger partial charge in [0, 0.05) is 17.0 Å². The summed E-state index contributed by atoms with van der Waals surface area (Å²) < 4.78 is 5.18. The minimum Gasteiger partial charge on any atom is -0.463 e. The Balaban J connectivity index is 1.79. The predicted molar refractivity (Wildman–Crippen MR) is 126 cm³/mol. The number of nitrogens with one attached hydrogen (secondary N) is 1. The molecule has 0 fully saturated rings. The van der Waals surface area contributed by atoms with Crippen LogP contribution in [-0.2, 0) is 20.7 Å². The number of nitro groups is 1. The third-order valence-electron chi connectivity index (χ3n) is 4.58. The SMILES string of the molecule is CC(C)OC(=O)CC(NC(=O)Cc1csc(-c2ccccc2Cl)n1)c1ccccc1[N+](=O)[O-]. The molecule has 33 heavy (non-hydrogen) atoms. The van der Waals surface area contributed by atoms with Crippen LogP contribution in [0.15, 0.2) is 53.9 Å². The number of para-hydroxylation sites is 1. The van der Waals surface area contributed by atoms with E-state index in [1.54, 1.807) is 31.4 Å². The molecule has 0 bridgehead atoms. The Morgan fingerprint density at radius 3 is 2.58 bits per heavy atom. The van der Waals surface area contributed by atoms with Gasteiger partial charge in [-0.1, -0.05) is 48.0 Å². The predicted octanol–water partition coefficient (Wildman–Crippen LogP) is 5.11. The zero-order valence-corrected chi connectivity index (χ0v) is 19.6. The highest BCUT2D eigenvalue weighted by atomic mass is 35.5. The lowest BCUT2D eigenvalue weighted by atomic mass is 10.0. The fourth-order valence-corrected chi connectivity index (χ4v) is 4.36. The molecule has 3 aromatic rings. The molecule has 172 valence electrons. The summed E-state index contributed by atoms with van der Waals surface area (Å²) in [6.45, 7) is 3.41. The number of halogens is 1. The number of hydrogen-bond donors (Lipinski definition) is 1. The summed E-state index contributed by atoms with van der Waals surface area (Å²) in [5, 5.41) is 17.2. The van der Waals surface area contributed by atoms with Crippen LogP contribution in [0.5, 0.6) is 0 Å². The monoisotopic (exact) mass is 487 g/mol. The van der Waals surface area contributed by atoms with Gasteiger partial charge in [-0.25, -0.2) is 4.98 Å². The van der Waals surface area contributed by atoms with Crippen molar-refractivity contribution in [3.8, 4) is 10.6 Å². The van der Waals surface area contributed by atoms with E-state index in [9.17, 15) is 19.7 Å². The highest BCUT2D eigenvalue weighted by molar-refractivity contribution is 7.13. The molecule has 1 heterocycles. The summed E-state index contributed by atoms with van der Waals surface area (Å²) in [7, 11) is 0. The second kappa shape index (κ2) is 11.0. The zero-order valence-electron chi connectivity index (χ0n) is 18.0. The molecule has 0 saturated heterocycles. The molecule has 1 unspecified atom stereocenters. The molecule has 1 aromatic heterocycles. The Kier molecular flexibility index (Phi) is 8.13. The molecule has 0 spiro atoms. The van der Waals surface area contributed by atoms with Gasteiger partial charge in [-0.05, 0) is 19.9 Å². The van der Waals surface area contributed by atoms with Gasteiger partial charge in [0.15, 0.2) is 0 Å². The van der Waals surface area contributed by atoms with Gasteiger partial charge in [0.1, 0.15) is 5.01 Å². The van der Waals surface area contributed by atoms with Crippen molar-refractivity contribution in [2.45, 2.75) is 38.8 Å². The van der Waals surface area contributed by atoms with Crippen molar-refractivity contribution < 1.29 is 19.2 Å². The number of carbonyl (C=O) groups is 2. The average molecular weight is 488 g/mol. The molecular weight excluding hydrogens is 466 g/mol. The normalized spacial score (nSPS) is 11.8. The molecule has 8 nitrogen and oxygen atoms in total. The first kappa shape index (κ1) is 24.3. The average Bonchev–Trinajstić information content (AvgIpc) is 3.21. The summed E-state index contributed by atoms with van der Waals surface area (Å²) in [4.78, 5) is 40.5. The molecule has 2 aromatic carbocycles. The van der Waals surface area contributed by atoms with E-state index in [-0.39, 0.29) is 30.2 Å². The first-order chi connectivity index (χ1) is 15.7. The van der Waals surface area contributed by atoms with Crippen LogP contribution in [-0.4, -0.2) is 27.9 Å². The number of nitrogens with zero attached hydrogens (tertiary/aromatic N) is 2. The summed E-state index contributed by atoms with van der Waals surface area (Å²) in [6.07, 6.45) is -0.647. The number of rotatable bonds is 9. The quantitative estimate of drug-likeness (QED) is 0.255. The number of benzene rings is 2. The van der Waals surface area contributed by atoms with Gasteiger partial charge in [0.2, 0.25) is 5.91 Å². The van der Waals surface area contributed by atoms with Crippen molar-refractivity contribution in [3.63, 3.8) is 0 Å². The van der Waals surface area contributed by atoms with Crippen molar-refractivity contribution in [2.75, 3.05) is 0 Å². The summed E-state index contributed by atoms with van der Waals surface area (Å²) in [5.41, 5.74) is 1.34. The number of esters is 1. The van der Waals surface area contributed by atoms with E-state index in [4.69, 9.17) is 16.3 Å². The number of thiazole rings is 1. The number of carbonyl (C=O) groups excluding carboxylic acids is 2. The Labute approximate surface area is 199 Å². The summed E-state index contributed by atoms with van der Waals surface area (Å²) in [5.74, 6) is -0.991. The smallest absolute Gasteiger partial charge is 0.308 e. The molecule has 0 aliphatic heterocycles. The van der Waals surface area contributed by atoms with Crippen LogP contribution in [0, 0.1) is 10.1 Å². The lowest BCUT2D eigenvalue weighted by molar-refractivity contribution is -0.385. The Morgan fingerprint density at radius 2 is 1.88 bits per heavy atom. The van der Waals surface area contributed by atoms with E-state index in [1.165, 1.54) is 29.5 Å². The lowest BCUT2D eigenvalue weighted by Crippen LogP contribution is -2.32. The summed E-state index contributed by atoms with van der Waals surface area (Å²) >= 11 is 7.58. The van der Waals surface area contributed by atoms with Crippen molar-refractivity contribution in [2.24, 2.45) is 0 Å². The molecular formula is C23H22ClN3O5S. The van der Waals surface area contributed by atoms with Crippen LogP contribution in [0.2, 0.25) is 5.02 Å². The highest BCUT2D eigenvalue weighted by Gasteiger charge is 2.27. The van der Waals surface area contributed by atoms with Gasteiger partial charge < -0.3 is 10.1 Å². The lowest BCUT2D eigenvalue weighted by Gasteiger charge is -2.19. The second-order valence-electron chi connectivity index (χ2n) is 7.48. The maximum absolute atomic E-state index is 12.8. The molecule has 10 heteroatoms. The fraction of sp³-hybridized carbons (Fsp3) is 0.261. The number of aromatic nitrogens is 1. The highest BCUT2D eigenvalue weighted by Crippen LogP contribution is 2.31. The van der Waals surface area contributed by atoms with Crippen LogP contribution in [0.1, 0.15) is 37.6 Å². The molecule has 1 N–H and O–H groups in total. The minimum atomic E-state index is -0.924. The Hall–Kier alpha value is -3.30. The third-order valence-corrected chi connectivity index (χ3v) is 5.83. The number of hydrogen-bond acceptors (Lipinski definition) is 7. The molecule has 0 radical (unpaired) electrons. The van der Waals surface area contributed by atoms with E-state index in [0.29, 0.717) is 15.7 Å². The van der Waals surface area contributed by atoms with Crippen molar-refractivity contribution in [3.05, 3.63) is 80.3 Å². The maximum Gasteiger partial charge on any atom is 0.308 e. The van der Waals surface area contributed by atoms with Gasteiger partial charge >= 0.3 is 5.97 Å². The van der Waals surface area contributed by atoms with Gasteiger partial charge in [0.05, 0.1) is 46.2 Å². The molecule has 1 amide bonds. The molecule has 0 aliphatic carbocycles. The second-order valence-corrected chi connectivity index (χ2v) is 8.74. The first-order valence-electron chi connectivity index (χ1n) is 10.2. The van der Waals surface area contributed by atoms with Crippen molar-refractivity contribution in [1.82, 2.24) is 10.3 Å². The fourth-order valence-electron chi connectivity index (χ4n) is 3.22. The Morgan fingerprint density at radius 1 is 1.18 bits per heavy atom. The Bertz CT molecular complexity index is 1160. The minimum absolute atomic E-state index is 0.0582. The van der Waals surface area contributed by atoms with Crippen LogP contribution in [0.4, 0.5) is 5.69 Å². The first-order valence-corrected chi connectivity index (χ1v) is 11.4. The number of ether oxygens (including phenoxy) is 1. The van der Waals surface area contributed by atoms with E-state index >= 15 is 0 Å². The number of amides is 1. The summed E-state index contributed by atoms with van der Waals surface area (Å²) in [6, 6.07) is 12.3. The molecule has 1 atom stereocenters. The van der Waals surface area contributed by atoms with Crippen LogP contribution in [0.25, 0.3) is 10.6 Å². The van der Waals surface area contributed by atoms with E-state index < -0.39 is 22.8 Å². The molecule has 3 rings (SSSR count). The van der Waals surface area contributed by atoms with E-state index in [1.807, 2.05) is 18.2 Å². The topological polar surface area (TPSA) is 111 Å². The van der Waals surface area contributed by atoms with E-state index in [2.05, 4.69) is 10.3 Å². The van der Waals surface area contributed by atoms with Crippen LogP contribution < -0.4 is 5.32 Å². The molecule has 0 aliphatic rings. The van der Waals surface area contributed by atoms with Gasteiger partial charge in [-0.15, -0.1) is 11.3 Å². The van der Waals surface area contributed by atoms with Crippen LogP contribution >= 0.6 is 22.9 Å². The number of nitro benzene ring substituents is 1. The van der Waals surface area contributed by atoms with Gasteiger partial charge in [0.25, 0.3) is 5.69 Å². The zero-order chi connectivity index (χ0) is 24.0. The van der Waals surface area contributed by atoms with Crippen molar-refractivity contribution >= 4 is 40.5 Å². The third kappa shape index (κ3) is 6.59. The largest absolute Gasteiger partial charge is 0.463 e. The standard InChI is InChI=1S/C23H22ClN3O5S/c1-14(2)32-22(29)12-19(17-8-4-6-10-20(17)27(30)31)26-21(28)11-15-13-33-23(25-15)16-7-3-5-9-18(16)24/h3-10,13-14,19H,11-12H2,1-2H3,(H,26,28). The van der Waals surface area contributed by atoms with E-state index in [0.717, 1.165) is 5.56 Å². The maximum atomic E-state index is 12.8. The molecule has 0 saturated carbocycles. The van der Waals surface area contributed by atoms with Crippen molar-refractivity contribution in [1.29, 1.82) is 0 Å². The van der Waals surface area contributed by atoms with Gasteiger partial charge in [-0.2, -0.15) is 0 Å². The van der Waals surface area contributed by atoms with Gasteiger partial charge in [-0.3, -0.25) is 19.7 Å². The van der Waals surface area contributed by atoms with Crippen LogP contribution in [0.3, 0.4) is 0 Å².